The largest absolute Gasteiger partial charge is 0.480 e. The lowest BCUT2D eigenvalue weighted by atomic mass is 10.2. The molecule has 0 aromatic carbocycles. The first-order valence-corrected chi connectivity index (χ1v) is 7.54. The van der Waals surface area contributed by atoms with Gasteiger partial charge in [0.1, 0.15) is 17.9 Å². The minimum Gasteiger partial charge on any atom is -0.480 e. The minimum atomic E-state index is -1.16. The maximum absolute atomic E-state index is 10.9. The van der Waals surface area contributed by atoms with Crippen LogP contribution in [0, 0.1) is 0 Å². The molecule has 0 saturated carbocycles. The summed E-state index contributed by atoms with van der Waals surface area (Å²) in [5.74, 6) is -3.37. The average Bonchev–Trinajstić information content (AvgIpc) is 2.41. The molecule has 0 aliphatic rings. The van der Waals surface area contributed by atoms with Crippen LogP contribution in [-0.4, -0.2) is 63.3 Å². The number of ketones is 1. The van der Waals surface area contributed by atoms with Crippen LogP contribution in [0.25, 0.3) is 0 Å². The number of hydrogen-bond donors (Lipinski definition) is 6. The molecule has 132 valence electrons. The van der Waals surface area contributed by atoms with Crippen LogP contribution in [0.2, 0.25) is 0 Å². The zero-order chi connectivity index (χ0) is 18.6. The van der Waals surface area contributed by atoms with E-state index in [9.17, 15) is 24.0 Å². The maximum atomic E-state index is 10.9. The molecule has 11 heteroatoms. The highest BCUT2D eigenvalue weighted by atomic mass is 32.1. The number of carboxylic acid groups (broad SMARTS) is 2. The summed E-state index contributed by atoms with van der Waals surface area (Å²) >= 11 is 7.47. The molecule has 0 aromatic rings. The van der Waals surface area contributed by atoms with Crippen LogP contribution in [0.5, 0.6) is 0 Å². The summed E-state index contributed by atoms with van der Waals surface area (Å²) in [4.78, 5) is 52.3. The van der Waals surface area contributed by atoms with Crippen molar-refractivity contribution in [3.8, 4) is 0 Å². The van der Waals surface area contributed by atoms with Crippen molar-refractivity contribution in [1.29, 1.82) is 0 Å². The van der Waals surface area contributed by atoms with Crippen LogP contribution in [0.15, 0.2) is 0 Å². The van der Waals surface area contributed by atoms with Gasteiger partial charge in [0.05, 0.1) is 6.42 Å². The lowest BCUT2D eigenvalue weighted by Gasteiger charge is -2.10. The summed E-state index contributed by atoms with van der Waals surface area (Å²) in [6.07, 6.45) is -0.294. The molecule has 0 saturated heterocycles. The van der Waals surface area contributed by atoms with E-state index in [1.54, 1.807) is 0 Å². The average molecular weight is 368 g/mol. The molecule has 2 amide bonds. The number of aliphatic carboxylic acids is 2. The van der Waals surface area contributed by atoms with Gasteiger partial charge in [0, 0.05) is 18.4 Å². The molecule has 0 rings (SSSR count). The van der Waals surface area contributed by atoms with Gasteiger partial charge >= 0.3 is 11.9 Å². The number of hydrogen-bond acceptors (Lipinski definition) is 7. The third-order valence-electron chi connectivity index (χ3n) is 2.08. The normalized spacial score (nSPS) is 12.0. The Bertz CT molecular complexity index is 457. The van der Waals surface area contributed by atoms with E-state index >= 15 is 0 Å². The molecule has 0 aliphatic heterocycles. The fourth-order valence-electron chi connectivity index (χ4n) is 1.09. The Morgan fingerprint density at radius 3 is 1.48 bits per heavy atom. The van der Waals surface area contributed by atoms with E-state index in [-0.39, 0.29) is 29.6 Å². The Hall–Kier alpha value is -1.75. The van der Waals surface area contributed by atoms with Gasteiger partial charge in [-0.05, 0) is 6.92 Å². The van der Waals surface area contributed by atoms with Gasteiger partial charge in [0.2, 0.25) is 11.8 Å². The number of rotatable bonds is 8. The Morgan fingerprint density at radius 1 is 0.870 bits per heavy atom. The summed E-state index contributed by atoms with van der Waals surface area (Å²) in [6.45, 7) is 2.52. The Balaban J connectivity index is 0. The number of Topliss-reactive ketones (excluding diaryl/α,β-unsaturated/α-hetero) is 1. The summed E-state index contributed by atoms with van der Waals surface area (Å²) < 4.78 is 0. The molecule has 2 atom stereocenters. The molecule has 0 aromatic heterocycles. The Labute approximate surface area is 144 Å². The van der Waals surface area contributed by atoms with Crippen molar-refractivity contribution in [1.82, 2.24) is 10.6 Å². The molecule has 0 spiro atoms. The minimum absolute atomic E-state index is 0.00101. The van der Waals surface area contributed by atoms with Crippen LogP contribution >= 0.6 is 25.3 Å². The van der Waals surface area contributed by atoms with Gasteiger partial charge in [-0.1, -0.05) is 0 Å². The van der Waals surface area contributed by atoms with Gasteiger partial charge in [0.15, 0.2) is 0 Å². The molecule has 0 heterocycles. The molecule has 0 radical (unpaired) electrons. The highest BCUT2D eigenvalue weighted by Crippen LogP contribution is 1.90. The first-order chi connectivity index (χ1) is 10.5. The van der Waals surface area contributed by atoms with E-state index in [0.717, 1.165) is 0 Å². The van der Waals surface area contributed by atoms with Crippen LogP contribution in [0.3, 0.4) is 0 Å². The number of thiol groups is 2. The van der Waals surface area contributed by atoms with Crippen molar-refractivity contribution in [3.05, 3.63) is 0 Å². The fraction of sp³-hybridized carbons (Fsp3) is 0.583. The predicted octanol–water partition coefficient (Wildman–Crippen LogP) is -1.03. The molecule has 0 bridgehead atoms. The van der Waals surface area contributed by atoms with E-state index in [2.05, 4.69) is 35.9 Å². The summed E-state index contributed by atoms with van der Waals surface area (Å²) in [5, 5.41) is 21.2. The van der Waals surface area contributed by atoms with Crippen LogP contribution < -0.4 is 10.6 Å². The summed E-state index contributed by atoms with van der Waals surface area (Å²) in [6, 6.07) is -1.91. The number of carbonyl (C=O) groups excluding carboxylic acids is 3. The lowest BCUT2D eigenvalue weighted by molar-refractivity contribution is -0.141. The number of amides is 2. The number of nitrogens with one attached hydrogen (secondary N) is 2. The standard InChI is InChI=1S/C7H11NO4S.C5H9NO3S/c1-4(9)2-6(10)8-5(3-13)7(11)12;1-3(7)6-4(2-10)5(8)9/h5,13H,2-3H2,1H3,(H,8,10)(H,11,12);4,10H,2H2,1H3,(H,6,7)(H,8,9)/t5-;4-/m00/s1. The first-order valence-electron chi connectivity index (χ1n) is 6.28. The highest BCUT2D eigenvalue weighted by molar-refractivity contribution is 7.80. The highest BCUT2D eigenvalue weighted by Gasteiger charge is 2.18. The molecular weight excluding hydrogens is 348 g/mol. The zero-order valence-corrected chi connectivity index (χ0v) is 14.4. The third kappa shape index (κ3) is 13.6. The van der Waals surface area contributed by atoms with E-state index in [1.807, 2.05) is 0 Å². The van der Waals surface area contributed by atoms with Crippen LogP contribution in [0.1, 0.15) is 20.3 Å². The Kier molecular flexibility index (Phi) is 13.0. The molecule has 23 heavy (non-hydrogen) atoms. The second kappa shape index (κ2) is 12.8. The van der Waals surface area contributed by atoms with E-state index < -0.39 is 29.9 Å². The Morgan fingerprint density at radius 2 is 1.26 bits per heavy atom. The van der Waals surface area contributed by atoms with Crippen molar-refractivity contribution in [2.45, 2.75) is 32.4 Å². The van der Waals surface area contributed by atoms with E-state index in [0.29, 0.717) is 0 Å². The summed E-state index contributed by atoms with van der Waals surface area (Å²) in [7, 11) is 0. The SMILES string of the molecule is CC(=O)CC(=O)N[C@@H](CS)C(=O)O.CC(=O)N[C@@H](CS)C(=O)O. The van der Waals surface area contributed by atoms with E-state index in [1.165, 1.54) is 13.8 Å². The molecule has 0 unspecified atom stereocenters. The molecule has 4 N–H and O–H groups in total. The second-order valence-corrected chi connectivity index (χ2v) is 5.02. The molecular formula is C12H20N2O7S2. The van der Waals surface area contributed by atoms with Gasteiger partial charge in [-0.25, -0.2) is 9.59 Å². The van der Waals surface area contributed by atoms with Crippen molar-refractivity contribution in [2.24, 2.45) is 0 Å². The van der Waals surface area contributed by atoms with Crippen molar-refractivity contribution in [3.63, 3.8) is 0 Å². The zero-order valence-electron chi connectivity index (χ0n) is 12.6. The van der Waals surface area contributed by atoms with Gasteiger partial charge in [-0.3, -0.25) is 14.4 Å². The quantitative estimate of drug-likeness (QED) is 0.237. The first kappa shape index (κ1) is 23.5. The lowest BCUT2D eigenvalue weighted by Crippen LogP contribution is -2.42. The smallest absolute Gasteiger partial charge is 0.327 e. The van der Waals surface area contributed by atoms with Gasteiger partial charge in [0.25, 0.3) is 0 Å². The number of carbonyl (C=O) groups is 5. The van der Waals surface area contributed by atoms with Gasteiger partial charge < -0.3 is 20.8 Å². The second-order valence-electron chi connectivity index (χ2n) is 4.29. The van der Waals surface area contributed by atoms with Gasteiger partial charge in [-0.2, -0.15) is 25.3 Å². The topological polar surface area (TPSA) is 150 Å². The molecule has 0 fully saturated rings. The molecule has 9 nitrogen and oxygen atoms in total. The number of carboxylic acids is 2. The van der Waals surface area contributed by atoms with Crippen LogP contribution in [0.4, 0.5) is 0 Å². The molecule has 0 aliphatic carbocycles. The predicted molar refractivity (Wildman–Crippen MR) is 87.8 cm³/mol. The van der Waals surface area contributed by atoms with Crippen molar-refractivity contribution >= 4 is 54.8 Å². The fourth-order valence-corrected chi connectivity index (χ4v) is 1.58. The van der Waals surface area contributed by atoms with Gasteiger partial charge in [-0.15, -0.1) is 0 Å². The van der Waals surface area contributed by atoms with Crippen LogP contribution in [-0.2, 0) is 24.0 Å². The third-order valence-corrected chi connectivity index (χ3v) is 2.81. The van der Waals surface area contributed by atoms with E-state index in [4.69, 9.17) is 10.2 Å². The maximum Gasteiger partial charge on any atom is 0.327 e. The summed E-state index contributed by atoms with van der Waals surface area (Å²) in [5.41, 5.74) is 0. The van der Waals surface area contributed by atoms with Crippen molar-refractivity contribution < 1.29 is 34.2 Å². The monoisotopic (exact) mass is 368 g/mol. The van der Waals surface area contributed by atoms with Crippen molar-refractivity contribution in [2.75, 3.05) is 11.5 Å².